The Kier molecular flexibility index (Phi) is 4.54. The largest absolute Gasteiger partial charge is 0.376 e. The highest BCUT2D eigenvalue weighted by Gasteiger charge is 2.30. The van der Waals surface area contributed by atoms with Crippen LogP contribution in [0.2, 0.25) is 0 Å². The molecule has 1 fully saturated rings. The smallest absolute Gasteiger partial charge is 0.261 e. The van der Waals surface area contributed by atoms with Crippen LogP contribution in [-0.2, 0) is 13.8 Å². The molecule has 0 saturated carbocycles. The molecule has 0 aliphatic carbocycles. The molecule has 1 unspecified atom stereocenters. The van der Waals surface area contributed by atoms with Crippen molar-refractivity contribution in [1.29, 1.82) is 0 Å². The van der Waals surface area contributed by atoms with Gasteiger partial charge < -0.3 is 9.26 Å². The van der Waals surface area contributed by atoms with E-state index in [1.807, 2.05) is 60.7 Å². The van der Waals surface area contributed by atoms with Gasteiger partial charge in [0, 0.05) is 17.2 Å². The first-order valence-electron chi connectivity index (χ1n) is 7.26. The molecule has 0 spiro atoms. The van der Waals surface area contributed by atoms with E-state index >= 15 is 0 Å². The fraction of sp³-hybridized carbons (Fsp3) is 0.294. The number of rotatable bonds is 5. The van der Waals surface area contributed by atoms with Crippen molar-refractivity contribution in [2.75, 3.05) is 13.2 Å². The van der Waals surface area contributed by atoms with Gasteiger partial charge >= 0.3 is 0 Å². The van der Waals surface area contributed by atoms with E-state index in [1.54, 1.807) is 0 Å². The van der Waals surface area contributed by atoms with Gasteiger partial charge in [-0.3, -0.25) is 4.57 Å². The second kappa shape index (κ2) is 6.57. The van der Waals surface area contributed by atoms with E-state index in [4.69, 9.17) is 9.26 Å². The predicted octanol–water partition coefficient (Wildman–Crippen LogP) is 3.11. The first-order chi connectivity index (χ1) is 10.3. The lowest BCUT2D eigenvalue weighted by molar-refractivity contribution is 0.0703. The summed E-state index contributed by atoms with van der Waals surface area (Å²) in [4.78, 5) is 0. The van der Waals surface area contributed by atoms with Crippen LogP contribution in [0.25, 0.3) is 0 Å². The summed E-state index contributed by atoms with van der Waals surface area (Å²) in [6.07, 6.45) is 2.09. The van der Waals surface area contributed by atoms with Gasteiger partial charge in [0.15, 0.2) is 0 Å². The molecule has 2 aromatic carbocycles. The van der Waals surface area contributed by atoms with Crippen LogP contribution in [-0.4, -0.2) is 19.3 Å². The van der Waals surface area contributed by atoms with Crippen molar-refractivity contribution < 1.29 is 13.8 Å². The molecule has 1 heterocycles. The fourth-order valence-corrected chi connectivity index (χ4v) is 4.61. The Morgan fingerprint density at radius 1 is 1.00 bits per heavy atom. The van der Waals surface area contributed by atoms with Gasteiger partial charge in [-0.05, 0) is 37.1 Å². The van der Waals surface area contributed by atoms with Gasteiger partial charge in [0.1, 0.15) is 0 Å². The average molecular weight is 302 g/mol. The van der Waals surface area contributed by atoms with Gasteiger partial charge in [0.2, 0.25) is 0 Å². The van der Waals surface area contributed by atoms with Crippen LogP contribution in [0.3, 0.4) is 0 Å². The molecule has 0 aromatic heterocycles. The van der Waals surface area contributed by atoms with Crippen molar-refractivity contribution in [2.24, 2.45) is 0 Å². The lowest BCUT2D eigenvalue weighted by atomic mass is 10.2. The lowest BCUT2D eigenvalue weighted by Gasteiger charge is -2.21. The fourth-order valence-electron chi connectivity index (χ4n) is 2.51. The van der Waals surface area contributed by atoms with Crippen LogP contribution >= 0.6 is 7.37 Å². The van der Waals surface area contributed by atoms with Crippen LogP contribution in [0.5, 0.6) is 0 Å². The Hall–Kier alpha value is -1.41. The topological polar surface area (TPSA) is 35.5 Å². The molecule has 1 aliphatic rings. The lowest BCUT2D eigenvalue weighted by Crippen LogP contribution is -2.22. The minimum atomic E-state index is -3.06. The third-order valence-electron chi connectivity index (χ3n) is 3.66. The van der Waals surface area contributed by atoms with Crippen molar-refractivity contribution >= 4 is 18.0 Å². The number of hydrogen-bond acceptors (Lipinski definition) is 3. The third-order valence-corrected chi connectivity index (χ3v) is 6.13. The number of hydrogen-bond donors (Lipinski definition) is 0. The van der Waals surface area contributed by atoms with E-state index < -0.39 is 7.37 Å². The summed E-state index contributed by atoms with van der Waals surface area (Å²) in [7, 11) is -3.06. The van der Waals surface area contributed by atoms with Crippen LogP contribution in [0.15, 0.2) is 60.7 Å². The van der Waals surface area contributed by atoms with Gasteiger partial charge in [-0.15, -0.1) is 0 Å². The molecule has 3 nitrogen and oxygen atoms in total. The predicted molar refractivity (Wildman–Crippen MR) is 84.7 cm³/mol. The quantitative estimate of drug-likeness (QED) is 0.796. The average Bonchev–Trinajstić information content (AvgIpc) is 3.08. The van der Waals surface area contributed by atoms with Crippen molar-refractivity contribution in [2.45, 2.75) is 18.9 Å². The summed E-state index contributed by atoms with van der Waals surface area (Å²) in [5.74, 6) is 0. The number of benzene rings is 2. The normalized spacial score (nSPS) is 18.8. The van der Waals surface area contributed by atoms with Crippen LogP contribution in [0, 0.1) is 0 Å². The maximum atomic E-state index is 13.5. The molecule has 0 amide bonds. The second-order valence-corrected chi connectivity index (χ2v) is 7.55. The van der Waals surface area contributed by atoms with E-state index in [9.17, 15) is 4.57 Å². The highest BCUT2D eigenvalue weighted by Crippen LogP contribution is 2.45. The monoisotopic (exact) mass is 302 g/mol. The van der Waals surface area contributed by atoms with E-state index in [-0.39, 0.29) is 6.10 Å². The summed E-state index contributed by atoms with van der Waals surface area (Å²) in [5.41, 5.74) is 0. The molecule has 4 heteroatoms. The molecule has 0 bridgehead atoms. The Morgan fingerprint density at radius 2 is 1.57 bits per heavy atom. The molecule has 0 radical (unpaired) electrons. The third kappa shape index (κ3) is 3.26. The Labute approximate surface area is 125 Å². The molecule has 1 saturated heterocycles. The Morgan fingerprint density at radius 3 is 2.05 bits per heavy atom. The minimum absolute atomic E-state index is 0.0609. The minimum Gasteiger partial charge on any atom is -0.376 e. The van der Waals surface area contributed by atoms with E-state index in [0.29, 0.717) is 6.61 Å². The summed E-state index contributed by atoms with van der Waals surface area (Å²) in [6.45, 7) is 1.15. The van der Waals surface area contributed by atoms with Crippen molar-refractivity contribution in [3.05, 3.63) is 60.7 Å². The van der Waals surface area contributed by atoms with Gasteiger partial charge in [0.25, 0.3) is 7.37 Å². The van der Waals surface area contributed by atoms with Crippen molar-refractivity contribution in [3.63, 3.8) is 0 Å². The number of ether oxygens (including phenoxy) is 1. The zero-order valence-electron chi connectivity index (χ0n) is 11.9. The zero-order chi connectivity index (χ0) is 14.5. The highest BCUT2D eigenvalue weighted by molar-refractivity contribution is 7.74. The van der Waals surface area contributed by atoms with Gasteiger partial charge in [-0.2, -0.15) is 0 Å². The summed E-state index contributed by atoms with van der Waals surface area (Å²) in [5, 5.41) is 1.46. The van der Waals surface area contributed by atoms with Crippen LogP contribution < -0.4 is 10.6 Å². The molecule has 1 atom stereocenters. The summed E-state index contributed by atoms with van der Waals surface area (Å²) in [6, 6.07) is 18.8. The van der Waals surface area contributed by atoms with Crippen LogP contribution in [0.4, 0.5) is 0 Å². The van der Waals surface area contributed by atoms with E-state index in [0.717, 1.165) is 30.1 Å². The molecule has 2 aromatic rings. The maximum absolute atomic E-state index is 13.5. The Balaban J connectivity index is 1.89. The van der Waals surface area contributed by atoms with Gasteiger partial charge in [-0.25, -0.2) is 0 Å². The second-order valence-electron chi connectivity index (χ2n) is 5.15. The highest BCUT2D eigenvalue weighted by atomic mass is 31.2. The molecule has 0 N–H and O–H groups in total. The zero-order valence-corrected chi connectivity index (χ0v) is 12.7. The van der Waals surface area contributed by atoms with Gasteiger partial charge in [0.05, 0.1) is 12.7 Å². The van der Waals surface area contributed by atoms with Crippen LogP contribution in [0.1, 0.15) is 12.8 Å². The maximum Gasteiger partial charge on any atom is 0.261 e. The Bertz CT molecular complexity index is 563. The van der Waals surface area contributed by atoms with Crippen molar-refractivity contribution in [1.82, 2.24) is 0 Å². The molecule has 110 valence electrons. The molecule has 3 rings (SSSR count). The SMILES string of the molecule is O=P(OCC1CCCO1)(c1ccccc1)c1ccccc1. The molecular formula is C17H19O3P. The first kappa shape index (κ1) is 14.5. The first-order valence-corrected chi connectivity index (χ1v) is 8.89. The molecule has 1 aliphatic heterocycles. The van der Waals surface area contributed by atoms with Crippen molar-refractivity contribution in [3.8, 4) is 0 Å². The van der Waals surface area contributed by atoms with Gasteiger partial charge in [-0.1, -0.05) is 36.4 Å². The molecule has 21 heavy (non-hydrogen) atoms. The summed E-state index contributed by atoms with van der Waals surface area (Å²) >= 11 is 0. The van der Waals surface area contributed by atoms with E-state index in [1.165, 1.54) is 0 Å². The van der Waals surface area contributed by atoms with E-state index in [2.05, 4.69) is 0 Å². The molecular weight excluding hydrogens is 283 g/mol. The standard InChI is InChI=1S/C17H19O3P/c18-21(16-9-3-1-4-10-16,17-11-5-2-6-12-17)20-14-15-8-7-13-19-15/h1-6,9-12,15H,7-8,13-14H2. The summed E-state index contributed by atoms with van der Waals surface area (Å²) < 4.78 is 25.0.